The van der Waals surface area contributed by atoms with Crippen molar-refractivity contribution in [3.8, 4) is 0 Å². The molecule has 0 aliphatic carbocycles. The lowest BCUT2D eigenvalue weighted by Crippen LogP contribution is -2.41. The summed E-state index contributed by atoms with van der Waals surface area (Å²) >= 11 is 0. The van der Waals surface area contributed by atoms with Gasteiger partial charge in [-0.15, -0.1) is 0 Å². The molecule has 100 valence electrons. The standard InChI is InChI=1S/C12H25N3O2/c1-3-15-7-4-5-10(15)9-14(2)8-6-11(13)12(16)17/h10-11H,3-9,13H2,1-2H3,(H,16,17). The fourth-order valence-electron chi connectivity index (χ4n) is 2.45. The maximum Gasteiger partial charge on any atom is 0.320 e. The summed E-state index contributed by atoms with van der Waals surface area (Å²) in [5.41, 5.74) is 5.49. The first kappa shape index (κ1) is 14.4. The predicted molar refractivity (Wildman–Crippen MR) is 68.0 cm³/mol. The van der Waals surface area contributed by atoms with Crippen LogP contribution in [0.25, 0.3) is 0 Å². The molecule has 3 N–H and O–H groups in total. The second-order valence-corrected chi connectivity index (χ2v) is 4.92. The van der Waals surface area contributed by atoms with E-state index >= 15 is 0 Å². The average molecular weight is 243 g/mol. The summed E-state index contributed by atoms with van der Waals surface area (Å²) in [6, 6.07) is -0.102. The van der Waals surface area contributed by atoms with Crippen LogP contribution in [0.5, 0.6) is 0 Å². The summed E-state index contributed by atoms with van der Waals surface area (Å²) in [5, 5.41) is 8.71. The smallest absolute Gasteiger partial charge is 0.320 e. The van der Waals surface area contributed by atoms with Crippen molar-refractivity contribution in [2.45, 2.75) is 38.3 Å². The number of rotatable bonds is 7. The van der Waals surface area contributed by atoms with Gasteiger partial charge < -0.3 is 15.7 Å². The first-order chi connectivity index (χ1) is 8.04. The minimum absolute atomic E-state index is 0.519. The average Bonchev–Trinajstić information content (AvgIpc) is 2.72. The molecule has 1 aliphatic heterocycles. The number of carboxylic acids is 1. The van der Waals surface area contributed by atoms with Crippen LogP contribution in [0.3, 0.4) is 0 Å². The number of aliphatic carboxylic acids is 1. The molecule has 5 nitrogen and oxygen atoms in total. The van der Waals surface area contributed by atoms with E-state index in [0.29, 0.717) is 12.5 Å². The van der Waals surface area contributed by atoms with Crippen LogP contribution in [0.4, 0.5) is 0 Å². The van der Waals surface area contributed by atoms with E-state index in [2.05, 4.69) is 16.7 Å². The molecule has 0 spiro atoms. The molecule has 1 heterocycles. The van der Waals surface area contributed by atoms with Gasteiger partial charge in [0.15, 0.2) is 0 Å². The minimum atomic E-state index is -0.908. The Morgan fingerprint density at radius 2 is 2.35 bits per heavy atom. The van der Waals surface area contributed by atoms with Crippen LogP contribution in [-0.2, 0) is 4.79 Å². The number of carboxylic acid groups (broad SMARTS) is 1. The second kappa shape index (κ2) is 6.93. The molecule has 1 fully saturated rings. The Balaban J connectivity index is 2.24. The third kappa shape index (κ3) is 4.61. The van der Waals surface area contributed by atoms with Crippen molar-refractivity contribution in [3.05, 3.63) is 0 Å². The van der Waals surface area contributed by atoms with Gasteiger partial charge in [-0.2, -0.15) is 0 Å². The number of likely N-dealkylation sites (N-methyl/N-ethyl adjacent to an activating group) is 2. The molecule has 2 atom stereocenters. The zero-order valence-corrected chi connectivity index (χ0v) is 10.9. The molecule has 1 rings (SSSR count). The molecule has 1 saturated heterocycles. The molecule has 0 aromatic carbocycles. The lowest BCUT2D eigenvalue weighted by Gasteiger charge is -2.28. The molecule has 1 aliphatic rings. The van der Waals surface area contributed by atoms with Gasteiger partial charge in [-0.25, -0.2) is 0 Å². The highest BCUT2D eigenvalue weighted by molar-refractivity contribution is 5.72. The van der Waals surface area contributed by atoms with Crippen LogP contribution >= 0.6 is 0 Å². The van der Waals surface area contributed by atoms with Crippen LogP contribution in [0.2, 0.25) is 0 Å². The Labute approximate surface area is 104 Å². The van der Waals surface area contributed by atoms with E-state index in [4.69, 9.17) is 10.8 Å². The number of carbonyl (C=O) groups is 1. The molecule has 0 aromatic rings. The Hall–Kier alpha value is -0.650. The van der Waals surface area contributed by atoms with E-state index in [0.717, 1.165) is 19.6 Å². The van der Waals surface area contributed by atoms with Crippen molar-refractivity contribution >= 4 is 5.97 Å². The third-order valence-corrected chi connectivity index (χ3v) is 3.57. The lowest BCUT2D eigenvalue weighted by molar-refractivity contribution is -0.138. The number of hydrogen-bond donors (Lipinski definition) is 2. The third-order valence-electron chi connectivity index (χ3n) is 3.57. The Kier molecular flexibility index (Phi) is 5.88. The number of nitrogens with zero attached hydrogens (tertiary/aromatic N) is 2. The SMILES string of the molecule is CCN1CCCC1CN(C)CCC(N)C(=O)O. The molecule has 0 amide bonds. The van der Waals surface area contributed by atoms with Crippen LogP contribution < -0.4 is 5.73 Å². The molecule has 5 heteroatoms. The Bertz CT molecular complexity index is 248. The maximum absolute atomic E-state index is 10.6. The Morgan fingerprint density at radius 3 is 2.94 bits per heavy atom. The first-order valence-corrected chi connectivity index (χ1v) is 6.45. The van der Waals surface area contributed by atoms with Crippen molar-refractivity contribution in [2.24, 2.45) is 5.73 Å². The van der Waals surface area contributed by atoms with Gasteiger partial charge in [-0.05, 0) is 45.9 Å². The minimum Gasteiger partial charge on any atom is -0.480 e. The number of nitrogens with two attached hydrogens (primary N) is 1. The molecule has 0 aromatic heterocycles. The molecule has 0 bridgehead atoms. The van der Waals surface area contributed by atoms with Gasteiger partial charge in [0.25, 0.3) is 0 Å². The van der Waals surface area contributed by atoms with Gasteiger partial charge in [0, 0.05) is 12.6 Å². The summed E-state index contributed by atoms with van der Waals surface area (Å²) in [6.07, 6.45) is 3.05. The summed E-state index contributed by atoms with van der Waals surface area (Å²) in [6.45, 7) is 6.26. The lowest BCUT2D eigenvalue weighted by atomic mass is 10.2. The van der Waals surface area contributed by atoms with E-state index < -0.39 is 12.0 Å². The topological polar surface area (TPSA) is 69.8 Å². The molecule has 17 heavy (non-hydrogen) atoms. The van der Waals surface area contributed by atoms with Crippen molar-refractivity contribution in [1.29, 1.82) is 0 Å². The maximum atomic E-state index is 10.6. The van der Waals surface area contributed by atoms with Crippen molar-refractivity contribution in [3.63, 3.8) is 0 Å². The van der Waals surface area contributed by atoms with Gasteiger partial charge in [0.2, 0.25) is 0 Å². The molecule has 2 unspecified atom stereocenters. The van der Waals surface area contributed by atoms with Crippen molar-refractivity contribution in [1.82, 2.24) is 9.80 Å². The summed E-state index contributed by atoms with van der Waals surface area (Å²) in [4.78, 5) is 15.3. The summed E-state index contributed by atoms with van der Waals surface area (Å²) < 4.78 is 0. The fourth-order valence-corrected chi connectivity index (χ4v) is 2.45. The second-order valence-electron chi connectivity index (χ2n) is 4.92. The van der Waals surface area contributed by atoms with Gasteiger partial charge in [-0.1, -0.05) is 6.92 Å². The highest BCUT2D eigenvalue weighted by Crippen LogP contribution is 2.17. The van der Waals surface area contributed by atoms with Crippen LogP contribution in [0, 0.1) is 0 Å². The van der Waals surface area contributed by atoms with Gasteiger partial charge in [-0.3, -0.25) is 9.69 Å². The van der Waals surface area contributed by atoms with Gasteiger partial charge in [0.1, 0.15) is 6.04 Å². The van der Waals surface area contributed by atoms with E-state index in [1.807, 2.05) is 7.05 Å². The first-order valence-electron chi connectivity index (χ1n) is 6.45. The van der Waals surface area contributed by atoms with Crippen LogP contribution in [0.15, 0.2) is 0 Å². The normalized spacial score (nSPS) is 23.2. The number of hydrogen-bond acceptors (Lipinski definition) is 4. The van der Waals surface area contributed by atoms with Crippen LogP contribution in [-0.4, -0.2) is 66.2 Å². The largest absolute Gasteiger partial charge is 0.480 e. The molecular weight excluding hydrogens is 218 g/mol. The van der Waals surface area contributed by atoms with Gasteiger partial charge >= 0.3 is 5.97 Å². The highest BCUT2D eigenvalue weighted by Gasteiger charge is 2.24. The van der Waals surface area contributed by atoms with Crippen molar-refractivity contribution < 1.29 is 9.90 Å². The molecule has 0 radical (unpaired) electrons. The zero-order chi connectivity index (χ0) is 12.8. The molecular formula is C12H25N3O2. The highest BCUT2D eigenvalue weighted by atomic mass is 16.4. The van der Waals surface area contributed by atoms with Crippen molar-refractivity contribution in [2.75, 3.05) is 33.2 Å². The van der Waals surface area contributed by atoms with Gasteiger partial charge in [0.05, 0.1) is 0 Å². The summed E-state index contributed by atoms with van der Waals surface area (Å²) in [7, 11) is 2.04. The van der Waals surface area contributed by atoms with E-state index in [9.17, 15) is 4.79 Å². The van der Waals surface area contributed by atoms with Crippen LogP contribution in [0.1, 0.15) is 26.2 Å². The predicted octanol–water partition coefficient (Wildman–Crippen LogP) is 0.205. The quantitative estimate of drug-likeness (QED) is 0.668. The summed E-state index contributed by atoms with van der Waals surface area (Å²) in [5.74, 6) is -0.908. The fraction of sp³-hybridized carbons (Fsp3) is 0.917. The Morgan fingerprint density at radius 1 is 1.65 bits per heavy atom. The monoisotopic (exact) mass is 243 g/mol. The van der Waals surface area contributed by atoms with E-state index in [1.54, 1.807) is 0 Å². The van der Waals surface area contributed by atoms with E-state index in [-0.39, 0.29) is 0 Å². The van der Waals surface area contributed by atoms with E-state index in [1.165, 1.54) is 19.4 Å². The molecule has 0 saturated carbocycles. The number of likely N-dealkylation sites (tertiary alicyclic amines) is 1. The zero-order valence-electron chi connectivity index (χ0n) is 10.9.